The number of anilines is 1. The minimum atomic E-state index is 0.250. The molecule has 1 fully saturated rings. The lowest BCUT2D eigenvalue weighted by atomic mass is 9.86. The summed E-state index contributed by atoms with van der Waals surface area (Å²) < 4.78 is 2.08. The van der Waals surface area contributed by atoms with Crippen LogP contribution in [0, 0.1) is 12.8 Å². The van der Waals surface area contributed by atoms with E-state index in [-0.39, 0.29) is 6.15 Å². The van der Waals surface area contributed by atoms with Gasteiger partial charge in [-0.05, 0) is 44.1 Å². The molecule has 35 heavy (non-hydrogen) atoms. The van der Waals surface area contributed by atoms with E-state index >= 15 is 0 Å². The van der Waals surface area contributed by atoms with Crippen molar-refractivity contribution in [3.63, 3.8) is 0 Å². The summed E-state index contributed by atoms with van der Waals surface area (Å²) in [6.07, 6.45) is 6.63. The first-order valence-electron chi connectivity index (χ1n) is 11.9. The molecule has 2 aromatic heterocycles. The van der Waals surface area contributed by atoms with Gasteiger partial charge >= 0.3 is 6.15 Å². The van der Waals surface area contributed by atoms with Gasteiger partial charge in [-0.15, -0.1) is 0 Å². The molecule has 180 valence electrons. The van der Waals surface area contributed by atoms with Gasteiger partial charge in [0.2, 0.25) is 5.95 Å². The second-order valence-electron chi connectivity index (χ2n) is 9.03. The first-order valence-corrected chi connectivity index (χ1v) is 11.9. The molecule has 0 amide bonds. The van der Waals surface area contributed by atoms with Crippen LogP contribution in [0.2, 0.25) is 0 Å². The van der Waals surface area contributed by atoms with Gasteiger partial charge in [0.15, 0.2) is 5.65 Å². The number of benzene rings is 2. The number of nitrogens with one attached hydrogen (secondary N) is 1. The van der Waals surface area contributed by atoms with Gasteiger partial charge in [0.25, 0.3) is 0 Å². The van der Waals surface area contributed by atoms with Crippen LogP contribution >= 0.6 is 0 Å². The van der Waals surface area contributed by atoms with E-state index in [1.807, 2.05) is 24.4 Å². The zero-order chi connectivity index (χ0) is 24.6. The summed E-state index contributed by atoms with van der Waals surface area (Å²) in [5.41, 5.74) is 11.5. The Balaban J connectivity index is 0.000000917. The van der Waals surface area contributed by atoms with Gasteiger partial charge in [-0.3, -0.25) is 0 Å². The third kappa shape index (κ3) is 6.18. The molecule has 0 atom stereocenters. The van der Waals surface area contributed by atoms with Crippen molar-refractivity contribution >= 4 is 23.1 Å². The molecule has 0 radical (unpaired) electrons. The van der Waals surface area contributed by atoms with Crippen molar-refractivity contribution in [1.82, 2.24) is 19.7 Å². The largest absolute Gasteiger partial charge is 0.373 e. The van der Waals surface area contributed by atoms with Crippen molar-refractivity contribution in [2.75, 3.05) is 5.32 Å². The van der Waals surface area contributed by atoms with Gasteiger partial charge in [-0.1, -0.05) is 60.2 Å². The average Bonchev–Trinajstić information content (AvgIpc) is 3.24. The van der Waals surface area contributed by atoms with Crippen LogP contribution in [0.5, 0.6) is 0 Å². The molecule has 0 unspecified atom stereocenters. The molecule has 1 saturated carbocycles. The van der Waals surface area contributed by atoms with E-state index in [2.05, 4.69) is 58.3 Å². The maximum Gasteiger partial charge on any atom is 0.373 e. The number of nitrogens with zero attached hydrogens (tertiary/aromatic N) is 4. The Hall–Kier alpha value is -3.87. The highest BCUT2D eigenvalue weighted by atomic mass is 16.2. The quantitative estimate of drug-likeness (QED) is 0.430. The smallest absolute Gasteiger partial charge is 0.350 e. The minimum Gasteiger partial charge on any atom is -0.350 e. The molecular weight excluding hydrogens is 440 g/mol. The van der Waals surface area contributed by atoms with Gasteiger partial charge in [0.05, 0.1) is 5.39 Å². The Morgan fingerprint density at radius 1 is 1.03 bits per heavy atom. The Labute approximate surface area is 204 Å². The Kier molecular flexibility index (Phi) is 7.98. The van der Waals surface area contributed by atoms with Gasteiger partial charge in [0, 0.05) is 30.9 Å². The molecular formula is C27H30N6O2. The SMILES string of the molecule is Cc1ccc(CNc2ncc3c(-c4ccccc4)nn(CC4CCC(N)CC4)c3n2)cc1.O=C=O. The van der Waals surface area contributed by atoms with E-state index in [0.29, 0.717) is 24.5 Å². The highest BCUT2D eigenvalue weighted by Crippen LogP contribution is 2.30. The molecule has 8 heteroatoms. The summed E-state index contributed by atoms with van der Waals surface area (Å²) in [7, 11) is 0. The number of fused-ring (bicyclic) bond motifs is 1. The van der Waals surface area contributed by atoms with Crippen LogP contribution in [0.3, 0.4) is 0 Å². The molecule has 0 spiro atoms. The summed E-state index contributed by atoms with van der Waals surface area (Å²) in [6, 6.07) is 19.2. The van der Waals surface area contributed by atoms with Gasteiger partial charge in [0.1, 0.15) is 5.69 Å². The van der Waals surface area contributed by atoms with Crippen molar-refractivity contribution < 1.29 is 9.59 Å². The highest BCUT2D eigenvalue weighted by molar-refractivity contribution is 5.91. The van der Waals surface area contributed by atoms with Crippen molar-refractivity contribution in [2.45, 2.75) is 51.7 Å². The van der Waals surface area contributed by atoms with Crippen molar-refractivity contribution in [3.05, 3.63) is 71.9 Å². The van der Waals surface area contributed by atoms with E-state index in [4.69, 9.17) is 25.4 Å². The summed E-state index contributed by atoms with van der Waals surface area (Å²) in [5.74, 6) is 1.21. The molecule has 0 bridgehead atoms. The molecule has 0 saturated heterocycles. The fourth-order valence-corrected chi connectivity index (χ4v) is 4.48. The zero-order valence-electron chi connectivity index (χ0n) is 19.9. The zero-order valence-corrected chi connectivity index (χ0v) is 19.9. The number of aromatic nitrogens is 4. The highest BCUT2D eigenvalue weighted by Gasteiger charge is 2.22. The molecule has 4 aromatic rings. The third-order valence-corrected chi connectivity index (χ3v) is 6.43. The fraction of sp³-hybridized carbons (Fsp3) is 0.333. The van der Waals surface area contributed by atoms with E-state index in [0.717, 1.165) is 54.5 Å². The minimum absolute atomic E-state index is 0.250. The lowest BCUT2D eigenvalue weighted by Gasteiger charge is -2.25. The molecule has 3 N–H and O–H groups in total. The molecule has 2 aromatic carbocycles. The second-order valence-corrected chi connectivity index (χ2v) is 9.03. The third-order valence-electron chi connectivity index (χ3n) is 6.43. The monoisotopic (exact) mass is 470 g/mol. The number of hydrogen-bond acceptors (Lipinski definition) is 7. The van der Waals surface area contributed by atoms with Crippen molar-refractivity contribution in [2.24, 2.45) is 11.7 Å². The summed E-state index contributed by atoms with van der Waals surface area (Å²) >= 11 is 0. The van der Waals surface area contributed by atoms with Crippen LogP contribution in [0.1, 0.15) is 36.8 Å². The molecule has 0 aliphatic heterocycles. The number of carbonyl (C=O) groups excluding carboxylic acids is 2. The standard InChI is InChI=1S/C26H30N6.CO2/c1-18-7-9-19(10-8-18)15-28-26-29-16-23-24(21-5-3-2-4-6-21)31-32(25(23)30-26)17-20-11-13-22(27)14-12-20;2-1-3/h2-10,16,20,22H,11-15,17,27H2,1H3,(H,28,29,30);. The maximum absolute atomic E-state index is 8.12. The van der Waals surface area contributed by atoms with Crippen LogP contribution < -0.4 is 11.1 Å². The van der Waals surface area contributed by atoms with E-state index in [9.17, 15) is 0 Å². The number of rotatable bonds is 6. The Morgan fingerprint density at radius 3 is 2.40 bits per heavy atom. The summed E-state index contributed by atoms with van der Waals surface area (Å²) in [4.78, 5) is 25.7. The van der Waals surface area contributed by atoms with Crippen molar-refractivity contribution in [3.8, 4) is 11.3 Å². The van der Waals surface area contributed by atoms with E-state index in [1.165, 1.54) is 11.1 Å². The van der Waals surface area contributed by atoms with Crippen LogP contribution in [-0.2, 0) is 22.7 Å². The van der Waals surface area contributed by atoms with E-state index < -0.39 is 0 Å². The molecule has 8 nitrogen and oxygen atoms in total. The number of nitrogens with two attached hydrogens (primary N) is 1. The first-order chi connectivity index (χ1) is 17.1. The average molecular weight is 471 g/mol. The summed E-state index contributed by atoms with van der Waals surface area (Å²) in [6.45, 7) is 3.65. The maximum atomic E-state index is 8.12. The normalized spacial score (nSPS) is 17.3. The number of hydrogen-bond donors (Lipinski definition) is 2. The molecule has 5 rings (SSSR count). The van der Waals surface area contributed by atoms with Crippen LogP contribution in [0.25, 0.3) is 22.3 Å². The fourth-order valence-electron chi connectivity index (χ4n) is 4.48. The number of aryl methyl sites for hydroxylation is 1. The van der Waals surface area contributed by atoms with Crippen molar-refractivity contribution in [1.29, 1.82) is 0 Å². The van der Waals surface area contributed by atoms with Gasteiger partial charge in [-0.2, -0.15) is 19.7 Å². The molecule has 2 heterocycles. The van der Waals surface area contributed by atoms with Gasteiger partial charge in [-0.25, -0.2) is 9.67 Å². The first kappa shape index (κ1) is 24.3. The van der Waals surface area contributed by atoms with Crippen LogP contribution in [0.4, 0.5) is 5.95 Å². The van der Waals surface area contributed by atoms with Gasteiger partial charge < -0.3 is 11.1 Å². The predicted octanol–water partition coefficient (Wildman–Crippen LogP) is 4.35. The summed E-state index contributed by atoms with van der Waals surface area (Å²) in [5, 5.41) is 9.37. The van der Waals surface area contributed by atoms with Crippen LogP contribution in [-0.4, -0.2) is 31.9 Å². The molecule has 1 aliphatic carbocycles. The lowest BCUT2D eigenvalue weighted by Crippen LogP contribution is -2.28. The molecule has 1 aliphatic rings. The van der Waals surface area contributed by atoms with E-state index in [1.54, 1.807) is 0 Å². The second kappa shape index (κ2) is 11.5. The lowest BCUT2D eigenvalue weighted by molar-refractivity contribution is -0.191. The topological polar surface area (TPSA) is 116 Å². The Morgan fingerprint density at radius 2 is 1.71 bits per heavy atom. The Bertz CT molecular complexity index is 1270. The van der Waals surface area contributed by atoms with Crippen LogP contribution in [0.15, 0.2) is 60.8 Å². The predicted molar refractivity (Wildman–Crippen MR) is 134 cm³/mol.